The summed E-state index contributed by atoms with van der Waals surface area (Å²) in [6.45, 7) is 0.355. The third-order valence-corrected chi connectivity index (χ3v) is 2.61. The van der Waals surface area contributed by atoms with E-state index < -0.39 is 49.0 Å². The van der Waals surface area contributed by atoms with E-state index in [1.807, 2.05) is 0 Å². The molecular weight excluding hydrogens is 250 g/mol. The standard InChI is InChI=1S/C9H17NO8/c1-3(12)8(15)18-9(16)7(10)6(14)5(13)4(2-11)17-9/h3-7,11-14,16H,2,10H2,1H3/t3?,4-,5-,6+,7-,9-/m1/s1. The second-order valence-electron chi connectivity index (χ2n) is 4.07. The van der Waals surface area contributed by atoms with Gasteiger partial charge in [-0.3, -0.25) is 0 Å². The van der Waals surface area contributed by atoms with Gasteiger partial charge in [-0.25, -0.2) is 4.79 Å². The molecule has 1 aliphatic rings. The summed E-state index contributed by atoms with van der Waals surface area (Å²) < 4.78 is 9.20. The summed E-state index contributed by atoms with van der Waals surface area (Å²) >= 11 is 0. The molecule has 0 spiro atoms. The number of carbonyl (C=O) groups excluding carboxylic acids is 1. The molecule has 7 N–H and O–H groups in total. The molecule has 1 saturated heterocycles. The third-order valence-electron chi connectivity index (χ3n) is 2.61. The van der Waals surface area contributed by atoms with Crippen molar-refractivity contribution in [2.24, 2.45) is 5.73 Å². The van der Waals surface area contributed by atoms with Crippen molar-refractivity contribution in [3.63, 3.8) is 0 Å². The van der Waals surface area contributed by atoms with Crippen LogP contribution < -0.4 is 5.73 Å². The lowest BCUT2D eigenvalue weighted by molar-refractivity contribution is -0.408. The molecule has 6 atom stereocenters. The zero-order valence-corrected chi connectivity index (χ0v) is 9.63. The predicted octanol–water partition coefficient (Wildman–Crippen LogP) is -4.00. The SMILES string of the molecule is CC(O)C(=O)O[C@]1(O)O[C@H](CO)[C@@H](O)[C@H](O)[C@H]1N. The highest BCUT2D eigenvalue weighted by Gasteiger charge is 2.54. The van der Waals surface area contributed by atoms with E-state index in [0.717, 1.165) is 6.92 Å². The molecule has 1 aliphatic heterocycles. The highest BCUT2D eigenvalue weighted by atomic mass is 16.8. The Morgan fingerprint density at radius 3 is 2.50 bits per heavy atom. The van der Waals surface area contributed by atoms with Crippen LogP contribution in [0.25, 0.3) is 0 Å². The number of carbonyl (C=O) groups is 1. The number of rotatable bonds is 3. The van der Waals surface area contributed by atoms with Crippen molar-refractivity contribution in [2.75, 3.05) is 6.61 Å². The summed E-state index contributed by atoms with van der Waals surface area (Å²) in [4.78, 5) is 11.2. The molecule has 0 aliphatic carbocycles. The minimum Gasteiger partial charge on any atom is -0.404 e. The van der Waals surface area contributed by atoms with Gasteiger partial charge in [0, 0.05) is 0 Å². The Labute approximate surface area is 102 Å². The topological polar surface area (TPSA) is 163 Å². The van der Waals surface area contributed by atoms with Gasteiger partial charge in [0.2, 0.25) is 0 Å². The fourth-order valence-corrected chi connectivity index (χ4v) is 1.48. The second kappa shape index (κ2) is 5.45. The van der Waals surface area contributed by atoms with Gasteiger partial charge in [-0.2, -0.15) is 0 Å². The quantitative estimate of drug-likeness (QED) is 0.221. The first kappa shape index (κ1) is 15.2. The Balaban J connectivity index is 2.88. The van der Waals surface area contributed by atoms with E-state index in [4.69, 9.17) is 20.7 Å². The zero-order valence-electron chi connectivity index (χ0n) is 9.63. The van der Waals surface area contributed by atoms with Crippen LogP contribution in [0.5, 0.6) is 0 Å². The molecule has 1 unspecified atom stereocenters. The van der Waals surface area contributed by atoms with E-state index in [2.05, 4.69) is 4.74 Å². The fourth-order valence-electron chi connectivity index (χ4n) is 1.48. The van der Waals surface area contributed by atoms with Gasteiger partial charge in [-0.15, -0.1) is 0 Å². The number of hydrogen-bond acceptors (Lipinski definition) is 9. The Kier molecular flexibility index (Phi) is 4.61. The normalized spacial score (nSPS) is 42.4. The summed E-state index contributed by atoms with van der Waals surface area (Å²) in [6.07, 6.45) is -6.15. The molecule has 1 fully saturated rings. The van der Waals surface area contributed by atoms with Crippen LogP contribution in [0.15, 0.2) is 0 Å². The summed E-state index contributed by atoms with van der Waals surface area (Å²) in [7, 11) is 0. The first-order valence-corrected chi connectivity index (χ1v) is 5.26. The van der Waals surface area contributed by atoms with Crippen molar-refractivity contribution in [1.82, 2.24) is 0 Å². The lowest BCUT2D eigenvalue weighted by Gasteiger charge is -2.44. The number of nitrogens with two attached hydrogens (primary N) is 1. The lowest BCUT2D eigenvalue weighted by Crippen LogP contribution is -2.70. The largest absolute Gasteiger partial charge is 0.404 e. The lowest BCUT2D eigenvalue weighted by atomic mass is 9.96. The summed E-state index contributed by atoms with van der Waals surface area (Å²) in [5, 5.41) is 46.7. The number of ether oxygens (including phenoxy) is 2. The minimum atomic E-state index is -2.74. The smallest absolute Gasteiger partial charge is 0.346 e. The summed E-state index contributed by atoms with van der Waals surface area (Å²) in [6, 6.07) is -1.65. The Morgan fingerprint density at radius 1 is 1.50 bits per heavy atom. The fraction of sp³-hybridized carbons (Fsp3) is 0.889. The molecular formula is C9H17NO8. The number of hydrogen-bond donors (Lipinski definition) is 6. The molecule has 1 heterocycles. The highest BCUT2D eigenvalue weighted by Crippen LogP contribution is 2.28. The first-order valence-electron chi connectivity index (χ1n) is 5.26. The number of aliphatic hydroxyl groups excluding tert-OH is 4. The Hall–Kier alpha value is -0.810. The van der Waals surface area contributed by atoms with Gasteiger partial charge in [-0.05, 0) is 6.92 Å². The van der Waals surface area contributed by atoms with Crippen molar-refractivity contribution < 1.29 is 39.8 Å². The van der Waals surface area contributed by atoms with Crippen molar-refractivity contribution in [3.05, 3.63) is 0 Å². The van der Waals surface area contributed by atoms with Crippen LogP contribution in [0.4, 0.5) is 0 Å². The Bertz CT molecular complexity index is 309. The molecule has 0 aromatic heterocycles. The van der Waals surface area contributed by atoms with Crippen LogP contribution in [0, 0.1) is 0 Å². The molecule has 18 heavy (non-hydrogen) atoms. The van der Waals surface area contributed by atoms with Crippen LogP contribution in [0.3, 0.4) is 0 Å². The van der Waals surface area contributed by atoms with E-state index in [9.17, 15) is 20.1 Å². The molecule has 9 heteroatoms. The molecule has 106 valence electrons. The summed E-state index contributed by atoms with van der Waals surface area (Å²) in [5.74, 6) is -3.96. The maximum atomic E-state index is 11.2. The third kappa shape index (κ3) is 2.78. The first-order chi connectivity index (χ1) is 8.23. The maximum Gasteiger partial charge on any atom is 0.346 e. The average molecular weight is 267 g/mol. The predicted molar refractivity (Wildman–Crippen MR) is 54.7 cm³/mol. The van der Waals surface area contributed by atoms with Crippen molar-refractivity contribution in [3.8, 4) is 0 Å². The van der Waals surface area contributed by atoms with Gasteiger partial charge in [0.15, 0.2) is 0 Å². The summed E-state index contributed by atoms with van der Waals surface area (Å²) in [5.41, 5.74) is 5.39. The van der Waals surface area contributed by atoms with Crippen molar-refractivity contribution in [2.45, 2.75) is 43.4 Å². The maximum absolute atomic E-state index is 11.2. The van der Waals surface area contributed by atoms with E-state index in [1.54, 1.807) is 0 Å². The van der Waals surface area contributed by atoms with Crippen molar-refractivity contribution in [1.29, 1.82) is 0 Å². The van der Waals surface area contributed by atoms with Gasteiger partial charge >= 0.3 is 11.9 Å². The minimum absolute atomic E-state index is 0.737. The molecule has 0 amide bonds. The van der Waals surface area contributed by atoms with E-state index in [1.165, 1.54) is 0 Å². The molecule has 0 radical (unpaired) electrons. The van der Waals surface area contributed by atoms with Crippen molar-refractivity contribution >= 4 is 5.97 Å². The van der Waals surface area contributed by atoms with Crippen LogP contribution in [0.1, 0.15) is 6.92 Å². The van der Waals surface area contributed by atoms with Gasteiger partial charge in [0.1, 0.15) is 30.5 Å². The number of esters is 1. The van der Waals surface area contributed by atoms with Gasteiger partial charge in [0.05, 0.1) is 6.61 Å². The van der Waals surface area contributed by atoms with Crippen LogP contribution in [0.2, 0.25) is 0 Å². The molecule has 0 saturated carbocycles. The van der Waals surface area contributed by atoms with Gasteiger partial charge in [-0.1, -0.05) is 0 Å². The second-order valence-corrected chi connectivity index (χ2v) is 4.07. The molecule has 0 aromatic carbocycles. The monoisotopic (exact) mass is 267 g/mol. The van der Waals surface area contributed by atoms with E-state index >= 15 is 0 Å². The van der Waals surface area contributed by atoms with E-state index in [0.29, 0.717) is 0 Å². The average Bonchev–Trinajstić information content (AvgIpc) is 2.31. The zero-order chi connectivity index (χ0) is 14.1. The van der Waals surface area contributed by atoms with Crippen LogP contribution >= 0.6 is 0 Å². The molecule has 0 aromatic rings. The van der Waals surface area contributed by atoms with E-state index in [-0.39, 0.29) is 0 Å². The van der Waals surface area contributed by atoms with Gasteiger partial charge < -0.3 is 40.7 Å². The number of aliphatic hydroxyl groups is 5. The Morgan fingerprint density at radius 2 is 2.06 bits per heavy atom. The molecule has 9 nitrogen and oxygen atoms in total. The van der Waals surface area contributed by atoms with Crippen LogP contribution in [-0.2, 0) is 14.3 Å². The molecule has 1 rings (SSSR count). The van der Waals surface area contributed by atoms with Crippen LogP contribution in [-0.4, -0.2) is 74.5 Å². The van der Waals surface area contributed by atoms with Gasteiger partial charge in [0.25, 0.3) is 0 Å². The highest BCUT2D eigenvalue weighted by molar-refractivity contribution is 5.74. The molecule has 0 bridgehead atoms.